The lowest BCUT2D eigenvalue weighted by atomic mass is 9.98. The standard InChI is InChI=1S/C20H15Cl2N3O4/c1-2-29-20(28)16-15-17(25(23-16)12-9-7-11(21)8-10-12)19(27)24(18(15)26)14-6-4-3-5-13(14)22/h3-10,15,17H,2H2,1H3/t15-,17+/m0/s1. The predicted octanol–water partition coefficient (Wildman–Crippen LogP) is 3.29. The lowest BCUT2D eigenvalue weighted by molar-refractivity contribution is -0.136. The fourth-order valence-electron chi connectivity index (χ4n) is 3.47. The number of carbonyl (C=O) groups is 3. The molecule has 1 fully saturated rings. The Bertz CT molecular complexity index is 1040. The number of hydrazone groups is 1. The summed E-state index contributed by atoms with van der Waals surface area (Å²) in [5, 5.41) is 6.40. The molecule has 0 aromatic heterocycles. The molecule has 2 atom stereocenters. The van der Waals surface area contributed by atoms with Gasteiger partial charge in [0, 0.05) is 5.02 Å². The van der Waals surface area contributed by atoms with Gasteiger partial charge in [-0.05, 0) is 43.3 Å². The second-order valence-corrected chi connectivity index (χ2v) is 7.26. The monoisotopic (exact) mass is 431 g/mol. The SMILES string of the molecule is CCOC(=O)C1=NN(c2ccc(Cl)cc2)[C@H]2C(=O)N(c3ccccc3Cl)C(=O)[C@@H]12. The molecule has 2 aromatic carbocycles. The Morgan fingerprint density at radius 2 is 1.76 bits per heavy atom. The lowest BCUT2D eigenvalue weighted by Crippen LogP contribution is -2.39. The average molecular weight is 432 g/mol. The number of benzene rings is 2. The minimum absolute atomic E-state index is 0.111. The Morgan fingerprint density at radius 1 is 1.07 bits per heavy atom. The van der Waals surface area contributed by atoms with Crippen molar-refractivity contribution in [3.63, 3.8) is 0 Å². The summed E-state index contributed by atoms with van der Waals surface area (Å²) >= 11 is 12.2. The first-order chi connectivity index (χ1) is 13.9. The van der Waals surface area contributed by atoms with E-state index in [-0.39, 0.29) is 23.0 Å². The normalized spacial score (nSPS) is 20.7. The Labute approximate surface area is 176 Å². The van der Waals surface area contributed by atoms with Crippen molar-refractivity contribution in [3.05, 3.63) is 58.6 Å². The van der Waals surface area contributed by atoms with Crippen LogP contribution in [0.4, 0.5) is 11.4 Å². The van der Waals surface area contributed by atoms with Crippen molar-refractivity contribution in [2.75, 3.05) is 16.5 Å². The third-order valence-corrected chi connectivity index (χ3v) is 5.29. The molecule has 2 aliphatic heterocycles. The molecule has 4 rings (SSSR count). The van der Waals surface area contributed by atoms with Crippen LogP contribution in [0.1, 0.15) is 6.92 Å². The number of para-hydroxylation sites is 1. The largest absolute Gasteiger partial charge is 0.461 e. The van der Waals surface area contributed by atoms with Gasteiger partial charge in [0.1, 0.15) is 12.0 Å². The van der Waals surface area contributed by atoms with Crippen molar-refractivity contribution in [3.8, 4) is 0 Å². The number of hydrogen-bond acceptors (Lipinski definition) is 6. The van der Waals surface area contributed by atoms with Gasteiger partial charge < -0.3 is 4.74 Å². The number of halogens is 2. The number of ether oxygens (including phenoxy) is 1. The molecular formula is C20H15Cl2N3O4. The van der Waals surface area contributed by atoms with Gasteiger partial charge in [-0.2, -0.15) is 5.10 Å². The second-order valence-electron chi connectivity index (χ2n) is 6.41. The summed E-state index contributed by atoms with van der Waals surface area (Å²) in [6.45, 7) is 1.77. The Balaban J connectivity index is 1.81. The van der Waals surface area contributed by atoms with Crippen molar-refractivity contribution >= 4 is 58.1 Å². The summed E-state index contributed by atoms with van der Waals surface area (Å²) in [7, 11) is 0. The topological polar surface area (TPSA) is 79.3 Å². The smallest absolute Gasteiger partial charge is 0.355 e. The number of amides is 2. The van der Waals surface area contributed by atoms with E-state index in [1.165, 1.54) is 5.01 Å². The van der Waals surface area contributed by atoms with Gasteiger partial charge in [-0.15, -0.1) is 0 Å². The van der Waals surface area contributed by atoms with E-state index >= 15 is 0 Å². The minimum atomic E-state index is -1.09. The van der Waals surface area contributed by atoms with Crippen LogP contribution in [0.2, 0.25) is 10.0 Å². The van der Waals surface area contributed by atoms with E-state index in [2.05, 4.69) is 5.10 Å². The van der Waals surface area contributed by atoms with Crippen LogP contribution in [-0.2, 0) is 19.1 Å². The summed E-state index contributed by atoms with van der Waals surface area (Å²) in [5.74, 6) is -2.92. The molecule has 29 heavy (non-hydrogen) atoms. The highest BCUT2D eigenvalue weighted by Gasteiger charge is 2.59. The van der Waals surface area contributed by atoms with Crippen LogP contribution in [0.3, 0.4) is 0 Å². The van der Waals surface area contributed by atoms with Crippen molar-refractivity contribution in [1.29, 1.82) is 0 Å². The fourth-order valence-corrected chi connectivity index (χ4v) is 3.81. The third-order valence-electron chi connectivity index (χ3n) is 4.72. The van der Waals surface area contributed by atoms with Crippen LogP contribution in [-0.4, -0.2) is 36.1 Å². The summed E-state index contributed by atoms with van der Waals surface area (Å²) in [5.41, 5.74) is 0.670. The first-order valence-corrected chi connectivity index (χ1v) is 9.62. The Kier molecular flexibility index (Phi) is 5.02. The van der Waals surface area contributed by atoms with Gasteiger partial charge >= 0.3 is 5.97 Å². The highest BCUT2D eigenvalue weighted by atomic mass is 35.5. The van der Waals surface area contributed by atoms with Gasteiger partial charge in [0.15, 0.2) is 5.71 Å². The number of imide groups is 1. The molecule has 2 heterocycles. The highest BCUT2D eigenvalue weighted by molar-refractivity contribution is 6.48. The van der Waals surface area contributed by atoms with E-state index in [0.29, 0.717) is 10.7 Å². The zero-order valence-corrected chi connectivity index (χ0v) is 16.7. The molecule has 0 unspecified atom stereocenters. The van der Waals surface area contributed by atoms with E-state index in [0.717, 1.165) is 4.90 Å². The zero-order valence-electron chi connectivity index (χ0n) is 15.2. The summed E-state index contributed by atoms with van der Waals surface area (Å²) in [6, 6.07) is 12.1. The molecule has 0 radical (unpaired) electrons. The molecule has 0 saturated carbocycles. The lowest BCUT2D eigenvalue weighted by Gasteiger charge is -2.22. The minimum Gasteiger partial charge on any atom is -0.461 e. The van der Waals surface area contributed by atoms with Crippen molar-refractivity contribution in [2.45, 2.75) is 13.0 Å². The molecule has 0 aliphatic carbocycles. The maximum atomic E-state index is 13.3. The van der Waals surface area contributed by atoms with Gasteiger partial charge in [-0.3, -0.25) is 14.6 Å². The second kappa shape index (κ2) is 7.50. The van der Waals surface area contributed by atoms with E-state index in [1.807, 2.05) is 0 Å². The summed E-state index contributed by atoms with van der Waals surface area (Å²) in [4.78, 5) is 40.0. The maximum absolute atomic E-state index is 13.3. The summed E-state index contributed by atoms with van der Waals surface area (Å²) in [6.07, 6.45) is 0. The van der Waals surface area contributed by atoms with Crippen LogP contribution in [0.25, 0.3) is 0 Å². The Hall–Kier alpha value is -2.90. The first kappa shape index (κ1) is 19.4. The molecule has 9 heteroatoms. The molecule has 148 valence electrons. The molecule has 1 saturated heterocycles. The highest BCUT2D eigenvalue weighted by Crippen LogP contribution is 2.40. The summed E-state index contributed by atoms with van der Waals surface area (Å²) < 4.78 is 5.06. The van der Waals surface area contributed by atoms with Crippen molar-refractivity contribution < 1.29 is 19.1 Å². The van der Waals surface area contributed by atoms with Gasteiger partial charge in [-0.1, -0.05) is 35.3 Å². The number of rotatable bonds is 4. The average Bonchev–Trinajstić information content (AvgIpc) is 3.21. The van der Waals surface area contributed by atoms with Gasteiger partial charge in [0.25, 0.3) is 5.91 Å². The molecular weight excluding hydrogens is 417 g/mol. The number of fused-ring (bicyclic) bond motifs is 1. The van der Waals surface area contributed by atoms with E-state index < -0.39 is 29.7 Å². The van der Waals surface area contributed by atoms with E-state index in [1.54, 1.807) is 55.5 Å². The van der Waals surface area contributed by atoms with Crippen LogP contribution < -0.4 is 9.91 Å². The van der Waals surface area contributed by atoms with E-state index in [4.69, 9.17) is 27.9 Å². The van der Waals surface area contributed by atoms with Crippen molar-refractivity contribution in [1.82, 2.24) is 0 Å². The van der Waals surface area contributed by atoms with Gasteiger partial charge in [0.05, 0.1) is 23.0 Å². The molecule has 2 aromatic rings. The van der Waals surface area contributed by atoms with Crippen LogP contribution in [0.15, 0.2) is 53.6 Å². The number of anilines is 2. The third kappa shape index (κ3) is 3.16. The quantitative estimate of drug-likeness (QED) is 0.547. The number of carbonyl (C=O) groups excluding carboxylic acids is 3. The molecule has 0 bridgehead atoms. The number of esters is 1. The fraction of sp³-hybridized carbons (Fsp3) is 0.200. The predicted molar refractivity (Wildman–Crippen MR) is 109 cm³/mol. The molecule has 2 aliphatic rings. The van der Waals surface area contributed by atoms with E-state index in [9.17, 15) is 14.4 Å². The molecule has 0 spiro atoms. The maximum Gasteiger partial charge on any atom is 0.355 e. The molecule has 7 nitrogen and oxygen atoms in total. The first-order valence-electron chi connectivity index (χ1n) is 8.86. The van der Waals surface area contributed by atoms with Crippen LogP contribution in [0.5, 0.6) is 0 Å². The van der Waals surface area contributed by atoms with Gasteiger partial charge in [0.2, 0.25) is 5.91 Å². The number of hydrogen-bond donors (Lipinski definition) is 0. The Morgan fingerprint density at radius 3 is 2.41 bits per heavy atom. The molecule has 0 N–H and O–H groups in total. The number of nitrogens with zero attached hydrogens (tertiary/aromatic N) is 3. The zero-order chi connectivity index (χ0) is 20.7. The molecule has 2 amide bonds. The van der Waals surface area contributed by atoms with Gasteiger partial charge in [-0.25, -0.2) is 9.69 Å². The van der Waals surface area contributed by atoms with Crippen LogP contribution >= 0.6 is 23.2 Å². The van der Waals surface area contributed by atoms with Crippen LogP contribution in [0, 0.1) is 5.92 Å². The van der Waals surface area contributed by atoms with Crippen molar-refractivity contribution in [2.24, 2.45) is 11.0 Å².